The summed E-state index contributed by atoms with van der Waals surface area (Å²) in [4.78, 5) is 2.37. The fourth-order valence-electron chi connectivity index (χ4n) is 2.70. The largest absolute Gasteiger partial charge is 0.454 e. The lowest BCUT2D eigenvalue weighted by Crippen LogP contribution is -2.33. The Kier molecular flexibility index (Phi) is 3.14. The first-order valence-corrected chi connectivity index (χ1v) is 6.56. The van der Waals surface area contributed by atoms with Crippen molar-refractivity contribution in [1.29, 1.82) is 0 Å². The van der Waals surface area contributed by atoms with E-state index in [9.17, 15) is 0 Å². The molecule has 2 unspecified atom stereocenters. The van der Waals surface area contributed by atoms with Gasteiger partial charge in [0.15, 0.2) is 11.5 Å². The molecule has 1 aromatic rings. The molecule has 2 aliphatic rings. The second-order valence-corrected chi connectivity index (χ2v) is 5.25. The number of nitrogens with zero attached hydrogens (tertiary/aromatic N) is 1. The zero-order valence-electron chi connectivity index (χ0n) is 11.0. The van der Waals surface area contributed by atoms with Gasteiger partial charge in [0.05, 0.1) is 0 Å². The number of nitrogens with one attached hydrogen (secondary N) is 1. The second-order valence-electron chi connectivity index (χ2n) is 5.25. The fourth-order valence-corrected chi connectivity index (χ4v) is 2.70. The van der Waals surface area contributed by atoms with Crippen LogP contribution in [0.15, 0.2) is 18.2 Å². The second kappa shape index (κ2) is 4.78. The van der Waals surface area contributed by atoms with Crippen LogP contribution < -0.4 is 14.8 Å². The van der Waals surface area contributed by atoms with Crippen LogP contribution in [0.2, 0.25) is 0 Å². The van der Waals surface area contributed by atoms with E-state index < -0.39 is 0 Å². The highest BCUT2D eigenvalue weighted by Gasteiger charge is 2.22. The Labute approximate surface area is 108 Å². The van der Waals surface area contributed by atoms with E-state index >= 15 is 0 Å². The number of hydrogen-bond acceptors (Lipinski definition) is 4. The maximum atomic E-state index is 5.42. The van der Waals surface area contributed by atoms with E-state index in [1.807, 2.05) is 6.07 Å². The first kappa shape index (κ1) is 11.8. The first-order valence-electron chi connectivity index (χ1n) is 6.56. The lowest BCUT2D eigenvalue weighted by molar-refractivity contribution is 0.174. The third kappa shape index (κ3) is 2.31. The maximum Gasteiger partial charge on any atom is 0.231 e. The summed E-state index contributed by atoms with van der Waals surface area (Å²) in [5.74, 6) is 1.72. The lowest BCUT2D eigenvalue weighted by atomic mass is 10.1. The van der Waals surface area contributed by atoms with Crippen molar-refractivity contribution >= 4 is 0 Å². The number of benzene rings is 1. The molecule has 0 aliphatic carbocycles. The summed E-state index contributed by atoms with van der Waals surface area (Å²) in [5.41, 5.74) is 1.26. The molecule has 2 aliphatic heterocycles. The first-order chi connectivity index (χ1) is 8.72. The van der Waals surface area contributed by atoms with Gasteiger partial charge in [-0.2, -0.15) is 0 Å². The third-order valence-corrected chi connectivity index (χ3v) is 3.77. The van der Waals surface area contributed by atoms with Gasteiger partial charge in [-0.25, -0.2) is 0 Å². The van der Waals surface area contributed by atoms with E-state index in [4.69, 9.17) is 9.47 Å². The molecule has 4 nitrogen and oxygen atoms in total. The Morgan fingerprint density at radius 2 is 2.17 bits per heavy atom. The third-order valence-electron chi connectivity index (χ3n) is 3.77. The molecule has 0 aromatic heterocycles. The molecule has 4 heteroatoms. The molecule has 3 rings (SSSR count). The molecule has 0 bridgehead atoms. The number of likely N-dealkylation sites (tertiary alicyclic amines) is 1. The number of ether oxygens (including phenoxy) is 2. The van der Waals surface area contributed by atoms with E-state index in [1.54, 1.807) is 0 Å². The van der Waals surface area contributed by atoms with Crippen LogP contribution in [0.25, 0.3) is 0 Å². The molecule has 0 saturated carbocycles. The van der Waals surface area contributed by atoms with Crippen LogP contribution >= 0.6 is 0 Å². The molecule has 2 atom stereocenters. The number of likely N-dealkylation sites (N-methyl/N-ethyl adjacent to an activating group) is 1. The summed E-state index contributed by atoms with van der Waals surface area (Å²) in [5, 5.41) is 3.68. The molecular formula is C14H20N2O2. The molecule has 0 radical (unpaired) electrons. The summed E-state index contributed by atoms with van der Waals surface area (Å²) in [7, 11) is 2.17. The summed E-state index contributed by atoms with van der Waals surface area (Å²) in [6.45, 7) is 4.87. The average Bonchev–Trinajstić information content (AvgIpc) is 2.96. The molecule has 0 spiro atoms. The Morgan fingerprint density at radius 1 is 1.33 bits per heavy atom. The number of hydrogen-bond donors (Lipinski definition) is 1. The van der Waals surface area contributed by atoms with Gasteiger partial charge in [0.2, 0.25) is 6.79 Å². The summed E-state index contributed by atoms with van der Waals surface area (Å²) < 4.78 is 10.7. The molecule has 1 saturated heterocycles. The van der Waals surface area contributed by atoms with Crippen molar-refractivity contribution < 1.29 is 9.47 Å². The molecule has 1 fully saturated rings. The molecule has 0 amide bonds. The van der Waals surface area contributed by atoms with Crippen LogP contribution in [0.3, 0.4) is 0 Å². The number of rotatable bonds is 3. The van der Waals surface area contributed by atoms with Gasteiger partial charge >= 0.3 is 0 Å². The zero-order chi connectivity index (χ0) is 12.5. The SMILES string of the molecule is CC(NC1CCN(C)C1)c1ccc2c(c1)OCO2. The normalized spacial score (nSPS) is 24.4. The van der Waals surface area contributed by atoms with Crippen LogP contribution in [-0.4, -0.2) is 37.9 Å². The Bertz CT molecular complexity index is 436. The van der Waals surface area contributed by atoms with Gasteiger partial charge in [-0.1, -0.05) is 6.07 Å². The topological polar surface area (TPSA) is 33.7 Å². The predicted octanol–water partition coefficient (Wildman–Crippen LogP) is 1.77. The van der Waals surface area contributed by atoms with Crippen molar-refractivity contribution in [1.82, 2.24) is 10.2 Å². The molecule has 18 heavy (non-hydrogen) atoms. The van der Waals surface area contributed by atoms with E-state index in [0.717, 1.165) is 18.0 Å². The Morgan fingerprint density at radius 3 is 2.94 bits per heavy atom. The smallest absolute Gasteiger partial charge is 0.231 e. The van der Waals surface area contributed by atoms with Crippen LogP contribution in [0, 0.1) is 0 Å². The quantitative estimate of drug-likeness (QED) is 0.884. The molecule has 1 aromatic carbocycles. The van der Waals surface area contributed by atoms with Crippen molar-refractivity contribution in [3.05, 3.63) is 23.8 Å². The van der Waals surface area contributed by atoms with E-state index in [1.165, 1.54) is 18.5 Å². The van der Waals surface area contributed by atoms with Gasteiger partial charge in [-0.3, -0.25) is 0 Å². The van der Waals surface area contributed by atoms with Gasteiger partial charge in [0.25, 0.3) is 0 Å². The van der Waals surface area contributed by atoms with Crippen LogP contribution in [0.5, 0.6) is 11.5 Å². The minimum atomic E-state index is 0.341. The predicted molar refractivity (Wildman–Crippen MR) is 70.0 cm³/mol. The summed E-state index contributed by atoms with van der Waals surface area (Å²) >= 11 is 0. The van der Waals surface area contributed by atoms with Crippen LogP contribution in [0.1, 0.15) is 24.9 Å². The van der Waals surface area contributed by atoms with Gasteiger partial charge in [-0.15, -0.1) is 0 Å². The summed E-state index contributed by atoms with van der Waals surface area (Å²) in [6, 6.07) is 7.13. The van der Waals surface area contributed by atoms with Gasteiger partial charge in [0, 0.05) is 18.6 Å². The van der Waals surface area contributed by atoms with E-state index in [2.05, 4.69) is 36.3 Å². The minimum absolute atomic E-state index is 0.341. The van der Waals surface area contributed by atoms with Gasteiger partial charge < -0.3 is 19.7 Å². The molecule has 1 N–H and O–H groups in total. The lowest BCUT2D eigenvalue weighted by Gasteiger charge is -2.20. The van der Waals surface area contributed by atoms with E-state index in [0.29, 0.717) is 18.9 Å². The molecule has 2 heterocycles. The minimum Gasteiger partial charge on any atom is -0.454 e. The van der Waals surface area contributed by atoms with Crippen molar-refractivity contribution in [2.24, 2.45) is 0 Å². The van der Waals surface area contributed by atoms with Crippen LogP contribution in [-0.2, 0) is 0 Å². The highest BCUT2D eigenvalue weighted by atomic mass is 16.7. The number of fused-ring (bicyclic) bond motifs is 1. The average molecular weight is 248 g/mol. The van der Waals surface area contributed by atoms with Gasteiger partial charge in [-0.05, 0) is 44.6 Å². The van der Waals surface area contributed by atoms with Crippen molar-refractivity contribution in [3.8, 4) is 11.5 Å². The van der Waals surface area contributed by atoms with Crippen molar-refractivity contribution in [3.63, 3.8) is 0 Å². The Hall–Kier alpha value is -1.26. The highest BCUT2D eigenvalue weighted by Crippen LogP contribution is 2.34. The fraction of sp³-hybridized carbons (Fsp3) is 0.571. The Balaban J connectivity index is 1.67. The van der Waals surface area contributed by atoms with Crippen LogP contribution in [0.4, 0.5) is 0 Å². The molecule has 98 valence electrons. The van der Waals surface area contributed by atoms with Crippen molar-refractivity contribution in [2.45, 2.75) is 25.4 Å². The van der Waals surface area contributed by atoms with Gasteiger partial charge in [0.1, 0.15) is 0 Å². The summed E-state index contributed by atoms with van der Waals surface area (Å²) in [6.07, 6.45) is 1.23. The zero-order valence-corrected chi connectivity index (χ0v) is 11.0. The standard InChI is InChI=1S/C14H20N2O2/c1-10(15-12-5-6-16(2)8-12)11-3-4-13-14(7-11)18-9-17-13/h3-4,7,10,12,15H,5-6,8-9H2,1-2H3. The van der Waals surface area contributed by atoms with Crippen molar-refractivity contribution in [2.75, 3.05) is 26.9 Å². The maximum absolute atomic E-state index is 5.42. The monoisotopic (exact) mass is 248 g/mol. The molecular weight excluding hydrogens is 228 g/mol. The highest BCUT2D eigenvalue weighted by molar-refractivity contribution is 5.45. The van der Waals surface area contributed by atoms with E-state index in [-0.39, 0.29) is 0 Å².